The van der Waals surface area contributed by atoms with Gasteiger partial charge in [0, 0.05) is 82.0 Å². The molecule has 2 N–H and O–H groups in total. The molecule has 0 atom stereocenters. The summed E-state index contributed by atoms with van der Waals surface area (Å²) in [5.74, 6) is -0.303. The number of anilines is 1. The Bertz CT molecular complexity index is 1950. The molecule has 3 amide bonds. The van der Waals surface area contributed by atoms with Crippen LogP contribution in [0, 0.1) is 6.92 Å². The van der Waals surface area contributed by atoms with Crippen molar-refractivity contribution in [3.8, 4) is 0 Å². The first kappa shape index (κ1) is 34.3. The van der Waals surface area contributed by atoms with E-state index in [9.17, 15) is 14.4 Å². The van der Waals surface area contributed by atoms with E-state index in [2.05, 4.69) is 36.2 Å². The van der Waals surface area contributed by atoms with Crippen LogP contribution in [0.1, 0.15) is 85.4 Å². The predicted octanol–water partition coefficient (Wildman–Crippen LogP) is 4.42. The third-order valence-electron chi connectivity index (χ3n) is 11.4. The summed E-state index contributed by atoms with van der Waals surface area (Å²) < 4.78 is 9.93. The SMILES string of the molecule is Cc1c(C(=O)Nc2ccc(CNC(=O)c3ccc4n3CCN(Cc3ccc(C(=O)N(C)C)cc3)C43COC3)cc2)cnn1C1CCN(C2CC2)CC1. The largest absolute Gasteiger partial charge is 0.377 e. The molecule has 8 rings (SSSR count). The van der Waals surface area contributed by atoms with Crippen molar-refractivity contribution in [1.29, 1.82) is 0 Å². The zero-order valence-corrected chi connectivity index (χ0v) is 30.3. The number of fused-ring (bicyclic) bond motifs is 2. The van der Waals surface area contributed by atoms with E-state index in [-0.39, 0.29) is 23.3 Å². The molecule has 0 radical (unpaired) electrons. The van der Waals surface area contributed by atoms with Gasteiger partial charge in [-0.1, -0.05) is 24.3 Å². The second-order valence-corrected chi connectivity index (χ2v) is 15.0. The molecule has 2 aromatic heterocycles. The van der Waals surface area contributed by atoms with E-state index in [4.69, 9.17) is 4.74 Å². The highest BCUT2D eigenvalue weighted by molar-refractivity contribution is 6.05. The number of likely N-dealkylation sites (tertiary alicyclic amines) is 1. The molecule has 1 saturated carbocycles. The minimum atomic E-state index is -0.292. The zero-order valence-electron chi connectivity index (χ0n) is 30.3. The van der Waals surface area contributed by atoms with Crippen LogP contribution in [-0.2, 0) is 29.9 Å². The Hall–Kier alpha value is -4.78. The molecule has 272 valence electrons. The van der Waals surface area contributed by atoms with Crippen LogP contribution in [0.15, 0.2) is 66.9 Å². The Morgan fingerprint density at radius 1 is 0.846 bits per heavy atom. The van der Waals surface area contributed by atoms with Gasteiger partial charge in [-0.25, -0.2) is 0 Å². The molecular formula is C40H48N8O4. The Morgan fingerprint density at radius 3 is 2.21 bits per heavy atom. The third-order valence-corrected chi connectivity index (χ3v) is 11.4. The second kappa shape index (κ2) is 14.0. The topological polar surface area (TPSA) is 117 Å². The number of piperidine rings is 1. The lowest BCUT2D eigenvalue weighted by Crippen LogP contribution is -2.63. The monoisotopic (exact) mass is 704 g/mol. The van der Waals surface area contributed by atoms with Gasteiger partial charge >= 0.3 is 0 Å². The maximum Gasteiger partial charge on any atom is 0.268 e. The zero-order chi connectivity index (χ0) is 36.0. The molecule has 4 aromatic rings. The molecule has 12 heteroatoms. The molecule has 12 nitrogen and oxygen atoms in total. The average molecular weight is 705 g/mol. The number of carbonyl (C=O) groups excluding carboxylic acids is 3. The Balaban J connectivity index is 0.857. The highest BCUT2D eigenvalue weighted by Crippen LogP contribution is 2.41. The fourth-order valence-corrected chi connectivity index (χ4v) is 8.12. The summed E-state index contributed by atoms with van der Waals surface area (Å²) in [6, 6.07) is 20.5. The van der Waals surface area contributed by atoms with Gasteiger partial charge in [0.2, 0.25) is 0 Å². The van der Waals surface area contributed by atoms with Crippen LogP contribution in [-0.4, -0.2) is 99.8 Å². The van der Waals surface area contributed by atoms with Crippen molar-refractivity contribution in [2.24, 2.45) is 0 Å². The van der Waals surface area contributed by atoms with Crippen molar-refractivity contribution in [1.82, 2.24) is 34.4 Å². The quantitative estimate of drug-likeness (QED) is 0.251. The summed E-state index contributed by atoms with van der Waals surface area (Å²) in [6.07, 6.45) is 6.49. The molecule has 4 aliphatic rings. The number of rotatable bonds is 10. The predicted molar refractivity (Wildman–Crippen MR) is 197 cm³/mol. The maximum absolute atomic E-state index is 13.5. The van der Waals surface area contributed by atoms with Crippen molar-refractivity contribution in [3.63, 3.8) is 0 Å². The van der Waals surface area contributed by atoms with Gasteiger partial charge in [-0.2, -0.15) is 5.10 Å². The number of hydrogen-bond acceptors (Lipinski definition) is 7. The van der Waals surface area contributed by atoms with Crippen molar-refractivity contribution in [2.45, 2.75) is 69.9 Å². The van der Waals surface area contributed by atoms with Gasteiger partial charge in [0.15, 0.2) is 0 Å². The van der Waals surface area contributed by atoms with Crippen molar-refractivity contribution >= 4 is 23.4 Å². The van der Waals surface area contributed by atoms with E-state index in [0.717, 1.165) is 67.6 Å². The Morgan fingerprint density at radius 2 is 1.56 bits per heavy atom. The second-order valence-electron chi connectivity index (χ2n) is 15.0. The first-order chi connectivity index (χ1) is 25.2. The number of benzene rings is 2. The molecule has 3 fully saturated rings. The van der Waals surface area contributed by atoms with Gasteiger partial charge in [-0.15, -0.1) is 0 Å². The number of nitrogens with zero attached hydrogens (tertiary/aromatic N) is 6. The van der Waals surface area contributed by atoms with E-state index in [1.54, 1.807) is 25.2 Å². The summed E-state index contributed by atoms with van der Waals surface area (Å²) in [7, 11) is 3.51. The fraction of sp³-hybridized carbons (Fsp3) is 0.450. The Labute approximate surface area is 304 Å². The van der Waals surface area contributed by atoms with E-state index in [1.807, 2.05) is 66.2 Å². The molecule has 5 heterocycles. The molecule has 2 saturated heterocycles. The summed E-state index contributed by atoms with van der Waals surface area (Å²) in [4.78, 5) is 45.6. The van der Waals surface area contributed by atoms with Crippen molar-refractivity contribution in [3.05, 3.63) is 106 Å². The third kappa shape index (κ3) is 6.55. The molecule has 2 aromatic carbocycles. The van der Waals surface area contributed by atoms with Crippen LogP contribution in [0.3, 0.4) is 0 Å². The van der Waals surface area contributed by atoms with Crippen LogP contribution >= 0.6 is 0 Å². The lowest BCUT2D eigenvalue weighted by molar-refractivity contribution is -0.162. The minimum Gasteiger partial charge on any atom is -0.377 e. The Kier molecular flexibility index (Phi) is 9.23. The maximum atomic E-state index is 13.5. The minimum absolute atomic E-state index is 0.0119. The summed E-state index contributed by atoms with van der Waals surface area (Å²) >= 11 is 0. The summed E-state index contributed by atoms with van der Waals surface area (Å²) in [5.41, 5.74) is 6.38. The smallest absolute Gasteiger partial charge is 0.268 e. The molecular weight excluding hydrogens is 656 g/mol. The number of ether oxygens (including phenoxy) is 1. The molecule has 1 spiro atoms. The van der Waals surface area contributed by atoms with Gasteiger partial charge in [0.25, 0.3) is 17.7 Å². The molecule has 0 unspecified atom stereocenters. The van der Waals surface area contributed by atoms with E-state index < -0.39 is 0 Å². The van der Waals surface area contributed by atoms with Crippen molar-refractivity contribution < 1.29 is 19.1 Å². The highest BCUT2D eigenvalue weighted by atomic mass is 16.5. The highest BCUT2D eigenvalue weighted by Gasteiger charge is 2.50. The summed E-state index contributed by atoms with van der Waals surface area (Å²) in [5, 5.41) is 10.7. The standard InChI is InChI=1S/C40H48N8O4/c1-27-34(23-42-48(27)33-16-18-45(19-17-33)32-12-13-32)37(49)43-31-10-6-28(7-11-31)22-41-38(50)35-14-15-36-40(25-52-26-40)46(20-21-47(35)36)24-29-4-8-30(9-5-29)39(51)44(2)3/h4-11,14-15,23,32-33H,12-13,16-22,24-26H2,1-3H3,(H,41,50)(H,43,49). The molecule has 1 aliphatic carbocycles. The number of amides is 3. The van der Waals surface area contributed by atoms with Gasteiger partial charge in [0.05, 0.1) is 31.0 Å². The van der Waals surface area contributed by atoms with Gasteiger partial charge in [0.1, 0.15) is 11.2 Å². The number of aromatic nitrogens is 3. The van der Waals surface area contributed by atoms with Crippen LogP contribution in [0.5, 0.6) is 0 Å². The lowest BCUT2D eigenvalue weighted by Gasteiger charge is -2.53. The fourth-order valence-electron chi connectivity index (χ4n) is 8.12. The van der Waals surface area contributed by atoms with Crippen LogP contribution in [0.25, 0.3) is 0 Å². The van der Waals surface area contributed by atoms with E-state index in [0.29, 0.717) is 54.9 Å². The van der Waals surface area contributed by atoms with Gasteiger partial charge in [-0.05, 0) is 80.1 Å². The first-order valence-electron chi connectivity index (χ1n) is 18.5. The average Bonchev–Trinajstić information content (AvgIpc) is 3.78. The van der Waals surface area contributed by atoms with Crippen LogP contribution in [0.4, 0.5) is 5.69 Å². The number of hydrogen-bond donors (Lipinski definition) is 2. The van der Waals surface area contributed by atoms with Crippen LogP contribution < -0.4 is 10.6 Å². The normalized spacial score (nSPS) is 18.8. The van der Waals surface area contributed by atoms with Crippen LogP contribution in [0.2, 0.25) is 0 Å². The van der Waals surface area contributed by atoms with Gasteiger partial charge in [-0.3, -0.25) is 24.0 Å². The number of nitrogens with one attached hydrogen (secondary N) is 2. The summed E-state index contributed by atoms with van der Waals surface area (Å²) in [6.45, 7) is 7.89. The molecule has 3 aliphatic heterocycles. The molecule has 52 heavy (non-hydrogen) atoms. The lowest BCUT2D eigenvalue weighted by atomic mass is 9.88. The van der Waals surface area contributed by atoms with Gasteiger partial charge < -0.3 is 29.7 Å². The van der Waals surface area contributed by atoms with E-state index >= 15 is 0 Å². The first-order valence-corrected chi connectivity index (χ1v) is 18.5. The van der Waals surface area contributed by atoms with Crippen molar-refractivity contribution in [2.75, 3.05) is 52.3 Å². The van der Waals surface area contributed by atoms with E-state index in [1.165, 1.54) is 12.8 Å². The number of carbonyl (C=O) groups is 3. The molecule has 0 bridgehead atoms.